The predicted molar refractivity (Wildman–Crippen MR) is 77.5 cm³/mol. The number of anilines is 1. The fourth-order valence-electron chi connectivity index (χ4n) is 2.12. The molecule has 1 unspecified atom stereocenters. The average Bonchev–Trinajstić information content (AvgIpc) is 2.38. The van der Waals surface area contributed by atoms with Gasteiger partial charge in [0.05, 0.1) is 11.4 Å². The Morgan fingerprint density at radius 2 is 2.17 bits per heavy atom. The van der Waals surface area contributed by atoms with Crippen LogP contribution >= 0.6 is 15.9 Å². The third-order valence-corrected chi connectivity index (χ3v) is 5.29. The first-order chi connectivity index (χ1) is 8.40. The first-order valence-corrected chi connectivity index (χ1v) is 8.30. The van der Waals surface area contributed by atoms with E-state index < -0.39 is 10.0 Å². The van der Waals surface area contributed by atoms with E-state index in [0.717, 1.165) is 15.7 Å². The molecule has 1 atom stereocenters. The van der Waals surface area contributed by atoms with Crippen LogP contribution in [0.15, 0.2) is 22.7 Å². The highest BCUT2D eigenvalue weighted by Gasteiger charge is 2.28. The second kappa shape index (κ2) is 5.19. The number of hydrogen-bond acceptors (Lipinski definition) is 3. The minimum absolute atomic E-state index is 0.146. The number of rotatable bonds is 1. The van der Waals surface area contributed by atoms with Crippen molar-refractivity contribution in [2.45, 2.75) is 19.9 Å². The van der Waals surface area contributed by atoms with Gasteiger partial charge < -0.3 is 5.32 Å². The van der Waals surface area contributed by atoms with Crippen LogP contribution in [0, 0.1) is 6.92 Å². The molecule has 100 valence electrons. The molecule has 1 fully saturated rings. The van der Waals surface area contributed by atoms with Crippen molar-refractivity contribution in [2.24, 2.45) is 0 Å². The van der Waals surface area contributed by atoms with E-state index in [1.54, 1.807) is 0 Å². The smallest absolute Gasteiger partial charge is 0.236 e. The van der Waals surface area contributed by atoms with E-state index in [4.69, 9.17) is 0 Å². The molecule has 0 radical (unpaired) electrons. The van der Waals surface area contributed by atoms with E-state index in [2.05, 4.69) is 21.2 Å². The highest BCUT2D eigenvalue weighted by Crippen LogP contribution is 2.27. The van der Waals surface area contributed by atoms with Crippen molar-refractivity contribution >= 4 is 31.6 Å². The highest BCUT2D eigenvalue weighted by molar-refractivity contribution is 9.10. The van der Waals surface area contributed by atoms with E-state index in [1.165, 1.54) is 4.31 Å². The number of halogens is 1. The van der Waals surface area contributed by atoms with Crippen LogP contribution in [0.4, 0.5) is 5.69 Å². The Morgan fingerprint density at radius 1 is 1.44 bits per heavy atom. The second-order valence-electron chi connectivity index (χ2n) is 4.63. The van der Waals surface area contributed by atoms with Gasteiger partial charge in [0.15, 0.2) is 0 Å². The molecule has 6 heteroatoms. The van der Waals surface area contributed by atoms with Crippen LogP contribution in [0.25, 0.3) is 0 Å². The van der Waals surface area contributed by atoms with E-state index in [0.29, 0.717) is 13.1 Å². The Balaban J connectivity index is 2.45. The Bertz CT molecular complexity index is 545. The minimum atomic E-state index is -3.23. The van der Waals surface area contributed by atoms with Crippen molar-refractivity contribution < 1.29 is 8.42 Å². The number of benzene rings is 1. The number of nitrogens with one attached hydrogen (secondary N) is 1. The lowest BCUT2D eigenvalue weighted by atomic mass is 10.2. The Hall–Kier alpha value is -0.590. The lowest BCUT2D eigenvalue weighted by Crippen LogP contribution is -2.38. The Morgan fingerprint density at radius 3 is 2.83 bits per heavy atom. The van der Waals surface area contributed by atoms with E-state index in [9.17, 15) is 8.42 Å². The van der Waals surface area contributed by atoms with Gasteiger partial charge in [-0.25, -0.2) is 8.42 Å². The molecule has 0 amide bonds. The topological polar surface area (TPSA) is 49.4 Å². The summed E-state index contributed by atoms with van der Waals surface area (Å²) in [5, 5.41) is 3.20. The SMILES string of the molecule is Cc1cc(Br)ccc1N1CC(C)NCCS1(=O)=O. The Kier molecular flexibility index (Phi) is 3.99. The van der Waals surface area contributed by atoms with Gasteiger partial charge in [-0.05, 0) is 37.6 Å². The molecule has 1 saturated heterocycles. The minimum Gasteiger partial charge on any atom is -0.311 e. The number of nitrogens with zero attached hydrogens (tertiary/aromatic N) is 1. The third kappa shape index (κ3) is 2.87. The predicted octanol–water partition coefficient (Wildman–Crippen LogP) is 1.89. The van der Waals surface area contributed by atoms with Crippen LogP contribution in [-0.4, -0.2) is 33.3 Å². The van der Waals surface area contributed by atoms with Gasteiger partial charge >= 0.3 is 0 Å². The van der Waals surface area contributed by atoms with Gasteiger partial charge in [0.25, 0.3) is 0 Å². The summed E-state index contributed by atoms with van der Waals surface area (Å²) in [5.74, 6) is 0.146. The molecule has 0 spiro atoms. The molecule has 1 aromatic rings. The highest BCUT2D eigenvalue weighted by atomic mass is 79.9. The molecule has 0 aliphatic carbocycles. The van der Waals surface area contributed by atoms with Crippen molar-refractivity contribution in [3.05, 3.63) is 28.2 Å². The van der Waals surface area contributed by atoms with Crippen LogP contribution in [0.5, 0.6) is 0 Å². The van der Waals surface area contributed by atoms with E-state index in [1.807, 2.05) is 32.0 Å². The summed E-state index contributed by atoms with van der Waals surface area (Å²) in [6.07, 6.45) is 0. The molecule has 1 N–H and O–H groups in total. The molecule has 2 rings (SSSR count). The molecule has 0 bridgehead atoms. The number of sulfonamides is 1. The second-order valence-corrected chi connectivity index (χ2v) is 7.56. The normalized spacial score (nSPS) is 23.7. The zero-order valence-corrected chi connectivity index (χ0v) is 12.9. The lowest BCUT2D eigenvalue weighted by molar-refractivity contribution is 0.587. The molecule has 1 aromatic carbocycles. The molecule has 1 heterocycles. The quantitative estimate of drug-likeness (QED) is 0.854. The van der Waals surface area contributed by atoms with Crippen molar-refractivity contribution in [2.75, 3.05) is 23.1 Å². The van der Waals surface area contributed by atoms with Gasteiger partial charge in [0.1, 0.15) is 0 Å². The number of aryl methyl sites for hydroxylation is 1. The maximum atomic E-state index is 12.3. The largest absolute Gasteiger partial charge is 0.311 e. The third-order valence-electron chi connectivity index (χ3n) is 3.06. The van der Waals surface area contributed by atoms with Crippen molar-refractivity contribution in [1.82, 2.24) is 5.32 Å². The summed E-state index contributed by atoms with van der Waals surface area (Å²) < 4.78 is 27.0. The van der Waals surface area contributed by atoms with Gasteiger partial charge in [-0.15, -0.1) is 0 Å². The van der Waals surface area contributed by atoms with Crippen LogP contribution in [0.1, 0.15) is 12.5 Å². The molecular formula is C12H17BrN2O2S. The summed E-state index contributed by atoms with van der Waals surface area (Å²) in [7, 11) is -3.23. The lowest BCUT2D eigenvalue weighted by Gasteiger charge is -2.25. The van der Waals surface area contributed by atoms with E-state index in [-0.39, 0.29) is 11.8 Å². The summed E-state index contributed by atoms with van der Waals surface area (Å²) in [6, 6.07) is 5.83. The van der Waals surface area contributed by atoms with Gasteiger partial charge in [-0.2, -0.15) is 0 Å². The summed E-state index contributed by atoms with van der Waals surface area (Å²) in [4.78, 5) is 0. The maximum absolute atomic E-state index is 12.3. The fourth-order valence-corrected chi connectivity index (χ4v) is 4.15. The zero-order valence-electron chi connectivity index (χ0n) is 10.5. The van der Waals surface area contributed by atoms with Crippen LogP contribution in [0.2, 0.25) is 0 Å². The van der Waals surface area contributed by atoms with Crippen LogP contribution < -0.4 is 9.62 Å². The van der Waals surface area contributed by atoms with Gasteiger partial charge in [0, 0.05) is 23.6 Å². The molecule has 0 saturated carbocycles. The molecular weight excluding hydrogens is 316 g/mol. The number of hydrogen-bond donors (Lipinski definition) is 1. The molecule has 0 aromatic heterocycles. The van der Waals surface area contributed by atoms with Gasteiger partial charge in [-0.1, -0.05) is 15.9 Å². The summed E-state index contributed by atoms with van der Waals surface area (Å²) >= 11 is 3.40. The first kappa shape index (κ1) is 13.8. The first-order valence-electron chi connectivity index (χ1n) is 5.90. The average molecular weight is 333 g/mol. The molecule has 1 aliphatic heterocycles. The summed E-state index contributed by atoms with van der Waals surface area (Å²) in [5.41, 5.74) is 1.73. The maximum Gasteiger partial charge on any atom is 0.236 e. The van der Waals surface area contributed by atoms with Gasteiger partial charge in [0.2, 0.25) is 10.0 Å². The van der Waals surface area contributed by atoms with Crippen molar-refractivity contribution in [3.8, 4) is 0 Å². The molecule has 4 nitrogen and oxygen atoms in total. The van der Waals surface area contributed by atoms with Gasteiger partial charge in [-0.3, -0.25) is 4.31 Å². The van der Waals surface area contributed by atoms with Crippen molar-refractivity contribution in [1.29, 1.82) is 0 Å². The van der Waals surface area contributed by atoms with Crippen LogP contribution in [0.3, 0.4) is 0 Å². The van der Waals surface area contributed by atoms with Crippen LogP contribution in [-0.2, 0) is 10.0 Å². The fraction of sp³-hybridized carbons (Fsp3) is 0.500. The monoisotopic (exact) mass is 332 g/mol. The zero-order chi connectivity index (χ0) is 13.3. The Labute approximate surface area is 117 Å². The van der Waals surface area contributed by atoms with Crippen molar-refractivity contribution in [3.63, 3.8) is 0 Å². The standard InChI is InChI=1S/C12H17BrN2O2S/c1-9-7-11(13)3-4-12(9)15-8-10(2)14-5-6-18(15,16)17/h3-4,7,10,14H,5-6,8H2,1-2H3. The molecule has 18 heavy (non-hydrogen) atoms. The van der Waals surface area contributed by atoms with E-state index >= 15 is 0 Å². The summed E-state index contributed by atoms with van der Waals surface area (Å²) in [6.45, 7) is 4.92. The molecule has 1 aliphatic rings.